The molecule has 0 heterocycles. The maximum atomic E-state index is 10.5. The van der Waals surface area contributed by atoms with Crippen molar-refractivity contribution in [1.29, 1.82) is 0 Å². The summed E-state index contributed by atoms with van der Waals surface area (Å²) in [5.41, 5.74) is 1.21. The Morgan fingerprint density at radius 1 is 1.06 bits per heavy atom. The number of carbonyl (C=O) groups excluding carboxylic acids is 2. The third kappa shape index (κ3) is 6.38. The number of quaternary nitrogens is 1. The topological polar surface area (TPSA) is 171 Å². The van der Waals surface area contributed by atoms with Gasteiger partial charge in [-0.1, -0.05) is 14.0 Å². The van der Waals surface area contributed by atoms with Gasteiger partial charge in [0, 0.05) is 18.0 Å². The minimum atomic E-state index is -5.22. The van der Waals surface area contributed by atoms with Gasteiger partial charge in [0.15, 0.2) is 0 Å². The molecule has 0 aromatic rings. The molecule has 0 unspecified atom stereocenters. The summed E-state index contributed by atoms with van der Waals surface area (Å²) >= 11 is 0. The smallest absolute Gasteiger partial charge is 0.124 e. The summed E-state index contributed by atoms with van der Waals surface area (Å²) in [5, 5.41) is 20.7. The summed E-state index contributed by atoms with van der Waals surface area (Å²) in [6, 6.07) is -0.942. The number of carbonyl (C=O) groups is 2. The van der Waals surface area contributed by atoms with E-state index in [1.165, 1.54) is 0 Å². The summed E-state index contributed by atoms with van der Waals surface area (Å²) in [5.74, 6) is -3.26. The van der Waals surface area contributed by atoms with Gasteiger partial charge in [0.1, 0.15) is 6.04 Å². The molecule has 0 aromatic carbocycles. The highest BCUT2D eigenvalue weighted by Gasteiger charge is 2.14. The lowest BCUT2D eigenvalue weighted by molar-refractivity contribution is -0.438. The van der Waals surface area contributed by atoms with Crippen LogP contribution in [0.15, 0.2) is 0 Å². The van der Waals surface area contributed by atoms with Crippen molar-refractivity contribution in [2.45, 2.75) is 37.4 Å². The van der Waals surface area contributed by atoms with Gasteiger partial charge in [-0.25, -0.2) is 0 Å². The second kappa shape index (κ2) is 6.70. The van der Waals surface area contributed by atoms with Crippen LogP contribution in [0, 0.1) is 0 Å². The predicted octanol–water partition coefficient (Wildman–Crippen LogP) is -5.06. The fourth-order valence-electron chi connectivity index (χ4n) is 1.25. The minimum absolute atomic E-state index is 0.0897. The fourth-order valence-corrected chi connectivity index (χ4v) is 2.01. The van der Waals surface area contributed by atoms with Gasteiger partial charge in [-0.2, -0.15) is 0 Å². The Hall–Kier alpha value is -0.950. The van der Waals surface area contributed by atoms with Crippen LogP contribution < -0.4 is 25.7 Å². The lowest BCUT2D eigenvalue weighted by atomic mass is 10.1. The van der Waals surface area contributed by atoms with Gasteiger partial charge in [-0.05, 0) is 12.8 Å². The van der Waals surface area contributed by atoms with E-state index >= 15 is 0 Å². The number of carboxylic acids is 2. The summed E-state index contributed by atoms with van der Waals surface area (Å²) in [6.07, 6.45) is 0.0782. The number of hydrogen-bond acceptors (Lipinski definition) is 7. The van der Waals surface area contributed by atoms with Crippen molar-refractivity contribution in [3.8, 4) is 0 Å². The molecule has 0 bridgehead atoms. The van der Waals surface area contributed by atoms with Gasteiger partial charge in [0.2, 0.25) is 0 Å². The van der Waals surface area contributed by atoms with E-state index in [2.05, 4.69) is 5.73 Å². The Bertz CT molecular complexity index is 326. The molecule has 0 amide bonds. The normalized spacial score (nSPS) is 15.2. The van der Waals surface area contributed by atoms with Crippen molar-refractivity contribution in [3.63, 3.8) is 0 Å². The Balaban J connectivity index is 4.05. The monoisotopic (exact) mass is 266 g/mol. The number of aliphatic carboxylic acids is 2. The number of hydrogen-bond donors (Lipinski definition) is 1. The van der Waals surface area contributed by atoms with Crippen molar-refractivity contribution in [1.82, 2.24) is 0 Å². The summed E-state index contributed by atoms with van der Waals surface area (Å²) in [6.45, 7) is 0. The molecule has 3 N–H and O–H groups in total. The molecule has 0 spiro atoms. The van der Waals surface area contributed by atoms with E-state index in [0.717, 1.165) is 0 Å². The van der Waals surface area contributed by atoms with Crippen LogP contribution in [0.5, 0.6) is 0 Å². The molecule has 8 nitrogen and oxygen atoms in total. The lowest BCUT2D eigenvalue weighted by Gasteiger charge is -2.38. The summed E-state index contributed by atoms with van der Waals surface area (Å²) in [7, 11) is -5.22. The van der Waals surface area contributed by atoms with E-state index in [1.807, 2.05) is 0 Å². The molecule has 2 atom stereocenters. The van der Waals surface area contributed by atoms with Crippen LogP contribution in [0.4, 0.5) is 0 Å². The maximum Gasteiger partial charge on any atom is 0.124 e. The van der Waals surface area contributed by atoms with Gasteiger partial charge in [0.05, 0.1) is 5.97 Å². The Morgan fingerprint density at radius 3 is 1.88 bits per heavy atom. The zero-order chi connectivity index (χ0) is 13.6. The van der Waals surface area contributed by atoms with E-state index in [1.54, 1.807) is 0 Å². The van der Waals surface area contributed by atoms with E-state index in [4.69, 9.17) is 0 Å². The molecule has 9 heteroatoms. The molecule has 0 saturated heterocycles. The Labute approximate surface area is 97.6 Å². The molecule has 0 aliphatic carbocycles. The average molecular weight is 266 g/mol. The molecule has 100 valence electrons. The lowest BCUT2D eigenvalue weighted by Crippen LogP contribution is -2.68. The molecule has 17 heavy (non-hydrogen) atoms. The second-order valence-corrected chi connectivity index (χ2v) is 5.38. The maximum absolute atomic E-state index is 10.5. The fraction of sp³-hybridized carbons (Fsp3) is 0.750. The van der Waals surface area contributed by atoms with Crippen LogP contribution in [0.25, 0.3) is 0 Å². The molecule has 0 aliphatic heterocycles. The van der Waals surface area contributed by atoms with Crippen LogP contribution in [0.3, 0.4) is 0 Å². The van der Waals surface area contributed by atoms with Crippen molar-refractivity contribution in [2.75, 3.05) is 0 Å². The summed E-state index contributed by atoms with van der Waals surface area (Å²) < 4.78 is 10.5. The molecule has 0 saturated carbocycles. The Morgan fingerprint density at radius 2 is 1.53 bits per heavy atom. The van der Waals surface area contributed by atoms with Crippen LogP contribution >= 0.6 is 7.60 Å². The van der Waals surface area contributed by atoms with E-state index in [-0.39, 0.29) is 25.7 Å². The van der Waals surface area contributed by atoms with E-state index < -0.39 is 31.2 Å². The van der Waals surface area contributed by atoms with Gasteiger partial charge >= 0.3 is 0 Å². The molecule has 0 fully saturated rings. The van der Waals surface area contributed by atoms with Gasteiger partial charge in [-0.3, -0.25) is 0 Å². The number of carboxylic acid groups (broad SMARTS) is 2. The first-order valence-corrected chi connectivity index (χ1v) is 6.54. The largest absolute Gasteiger partial charge is 0.810 e. The first-order valence-electron chi connectivity index (χ1n) is 4.92. The van der Waals surface area contributed by atoms with E-state index in [0.29, 0.717) is 0 Å². The van der Waals surface area contributed by atoms with Crippen LogP contribution in [0.2, 0.25) is 0 Å². The van der Waals surface area contributed by atoms with Crippen molar-refractivity contribution < 1.29 is 39.9 Å². The minimum Gasteiger partial charge on any atom is -0.810 e. The third-order valence-electron chi connectivity index (χ3n) is 2.27. The molecule has 0 rings (SSSR count). The third-order valence-corrected chi connectivity index (χ3v) is 3.50. The number of rotatable bonds is 8. The average Bonchev–Trinajstić information content (AvgIpc) is 2.13. The van der Waals surface area contributed by atoms with Gasteiger partial charge in [0.25, 0.3) is 0 Å². The quantitative estimate of drug-likeness (QED) is 0.338. The van der Waals surface area contributed by atoms with Gasteiger partial charge < -0.3 is 39.9 Å². The first-order chi connectivity index (χ1) is 7.66. The molecule has 0 aliphatic rings. The molecule has 0 radical (unpaired) electrons. The van der Waals surface area contributed by atoms with Crippen molar-refractivity contribution in [3.05, 3.63) is 0 Å². The second-order valence-electron chi connectivity index (χ2n) is 3.68. The van der Waals surface area contributed by atoms with E-state index in [9.17, 15) is 34.2 Å². The highest BCUT2D eigenvalue weighted by molar-refractivity contribution is 7.50. The van der Waals surface area contributed by atoms with Gasteiger partial charge in [-0.15, -0.1) is 0 Å². The van der Waals surface area contributed by atoms with Crippen LogP contribution in [-0.2, 0) is 14.2 Å². The molecule has 0 aromatic heterocycles. The highest BCUT2D eigenvalue weighted by atomic mass is 31.2. The first kappa shape index (κ1) is 16.1. The van der Waals surface area contributed by atoms with Crippen LogP contribution in [0.1, 0.15) is 25.7 Å². The zero-order valence-corrected chi connectivity index (χ0v) is 9.89. The summed E-state index contributed by atoms with van der Waals surface area (Å²) in [4.78, 5) is 41.7. The Kier molecular flexibility index (Phi) is 6.33. The molecular formula is C8H13NO7P-3. The standard InChI is InChI=1S/C8H16NO7P/c9-5(7(10)11)3-1-2-4-6(8(12)13)17(14,15)16/h5-6H,1-4,9H2,(H,10,11)(H,12,13)(H2,14,15,16)/p-3/t5-,6-/m1/s1. The number of unbranched alkanes of at least 4 members (excludes halogenated alkanes) is 1. The molecular weight excluding hydrogens is 253 g/mol. The van der Waals surface area contributed by atoms with Crippen LogP contribution in [-0.4, -0.2) is 23.6 Å². The van der Waals surface area contributed by atoms with Crippen molar-refractivity contribution >= 4 is 19.5 Å². The zero-order valence-electron chi connectivity index (χ0n) is 9.00. The SMILES string of the molecule is [NH3+][C@H](CCCC[C@H](C(=O)[O-])P(=O)([O-])[O-])C(=O)[O-]. The predicted molar refractivity (Wildman–Crippen MR) is 46.6 cm³/mol. The van der Waals surface area contributed by atoms with Crippen molar-refractivity contribution in [2.24, 2.45) is 0 Å². The highest BCUT2D eigenvalue weighted by Crippen LogP contribution is 2.34.